The SMILES string of the molecule is C/C=C(\C=N)c1ccc(C)c(/C(=C\CCCC)c2ccnc(CN)c2)n1.CCC(C)C. The third-order valence-corrected chi connectivity index (χ3v) is 5.17. The van der Waals surface area contributed by atoms with Crippen molar-refractivity contribution in [2.45, 2.75) is 73.8 Å². The number of aromatic nitrogens is 2. The molecule has 0 aromatic carbocycles. The molecule has 2 aromatic rings. The zero-order chi connectivity index (χ0) is 23.2. The highest BCUT2D eigenvalue weighted by molar-refractivity contribution is 6.07. The number of nitrogens with zero attached hydrogens (tertiary/aromatic N) is 2. The molecule has 0 saturated carbocycles. The summed E-state index contributed by atoms with van der Waals surface area (Å²) in [7, 11) is 0. The summed E-state index contributed by atoms with van der Waals surface area (Å²) in [6.45, 7) is 13.3. The third-order valence-electron chi connectivity index (χ3n) is 5.17. The highest BCUT2D eigenvalue weighted by Crippen LogP contribution is 2.27. The Hall–Kier alpha value is -2.59. The van der Waals surface area contributed by atoms with Crippen LogP contribution in [0.15, 0.2) is 42.6 Å². The quantitative estimate of drug-likeness (QED) is 0.340. The average Bonchev–Trinajstić information content (AvgIpc) is 2.79. The lowest BCUT2D eigenvalue weighted by Crippen LogP contribution is -2.03. The van der Waals surface area contributed by atoms with Gasteiger partial charge in [0, 0.05) is 30.1 Å². The number of rotatable bonds is 9. The molecule has 0 fully saturated rings. The van der Waals surface area contributed by atoms with Crippen LogP contribution in [0.3, 0.4) is 0 Å². The van der Waals surface area contributed by atoms with Gasteiger partial charge in [0.1, 0.15) is 0 Å². The molecule has 0 spiro atoms. The maximum Gasteiger partial charge on any atom is 0.0741 e. The van der Waals surface area contributed by atoms with Crippen LogP contribution in [0.25, 0.3) is 11.1 Å². The number of unbranched alkanes of at least 4 members (excludes halogenated alkanes) is 2. The van der Waals surface area contributed by atoms with E-state index in [0.29, 0.717) is 6.54 Å². The molecule has 31 heavy (non-hydrogen) atoms. The van der Waals surface area contributed by atoms with E-state index in [2.05, 4.69) is 51.7 Å². The fraction of sp³-hybridized carbons (Fsp3) is 0.444. The van der Waals surface area contributed by atoms with Crippen molar-refractivity contribution >= 4 is 17.4 Å². The second kappa shape index (κ2) is 14.4. The molecule has 0 atom stereocenters. The Morgan fingerprint density at radius 1 is 1.19 bits per heavy atom. The van der Waals surface area contributed by atoms with Gasteiger partial charge >= 0.3 is 0 Å². The van der Waals surface area contributed by atoms with Gasteiger partial charge in [-0.05, 0) is 55.5 Å². The Morgan fingerprint density at radius 2 is 1.90 bits per heavy atom. The van der Waals surface area contributed by atoms with Gasteiger partial charge in [-0.3, -0.25) is 4.98 Å². The molecule has 0 radical (unpaired) electrons. The Kier molecular flexibility index (Phi) is 12.3. The van der Waals surface area contributed by atoms with E-state index in [-0.39, 0.29) is 0 Å². The van der Waals surface area contributed by atoms with E-state index in [1.807, 2.05) is 31.2 Å². The van der Waals surface area contributed by atoms with Gasteiger partial charge in [0.2, 0.25) is 0 Å². The van der Waals surface area contributed by atoms with Crippen LogP contribution >= 0.6 is 0 Å². The fourth-order valence-electron chi connectivity index (χ4n) is 2.83. The maximum atomic E-state index is 7.61. The van der Waals surface area contributed by atoms with Crippen LogP contribution in [-0.2, 0) is 6.54 Å². The predicted octanol–water partition coefficient (Wildman–Crippen LogP) is 6.97. The lowest BCUT2D eigenvalue weighted by atomic mass is 9.96. The average molecular weight is 421 g/mol. The summed E-state index contributed by atoms with van der Waals surface area (Å²) in [4.78, 5) is 9.20. The lowest BCUT2D eigenvalue weighted by molar-refractivity contribution is 0.626. The molecule has 0 aliphatic rings. The number of nitrogens with two attached hydrogens (primary N) is 1. The summed E-state index contributed by atoms with van der Waals surface area (Å²) in [5, 5.41) is 7.61. The first-order valence-corrected chi connectivity index (χ1v) is 11.4. The van der Waals surface area contributed by atoms with Gasteiger partial charge in [-0.15, -0.1) is 0 Å². The number of aryl methyl sites for hydroxylation is 1. The van der Waals surface area contributed by atoms with Crippen LogP contribution in [0.1, 0.15) is 88.5 Å². The number of hydrogen-bond donors (Lipinski definition) is 2. The van der Waals surface area contributed by atoms with Crippen LogP contribution in [0.2, 0.25) is 0 Å². The number of nitrogens with one attached hydrogen (secondary N) is 1. The summed E-state index contributed by atoms with van der Waals surface area (Å²) in [5.41, 5.74) is 12.5. The van der Waals surface area contributed by atoms with Gasteiger partial charge < -0.3 is 11.1 Å². The summed E-state index contributed by atoms with van der Waals surface area (Å²) < 4.78 is 0. The van der Waals surface area contributed by atoms with E-state index in [1.165, 1.54) is 12.6 Å². The smallest absolute Gasteiger partial charge is 0.0741 e. The topological polar surface area (TPSA) is 75.7 Å². The minimum atomic E-state index is 0.416. The first-order chi connectivity index (χ1) is 14.9. The van der Waals surface area contributed by atoms with Crippen molar-refractivity contribution in [3.8, 4) is 0 Å². The molecule has 0 amide bonds. The minimum Gasteiger partial charge on any atom is -0.325 e. The number of hydrogen-bond acceptors (Lipinski definition) is 4. The molecule has 0 aliphatic heterocycles. The highest BCUT2D eigenvalue weighted by Gasteiger charge is 2.12. The maximum absolute atomic E-state index is 7.61. The third kappa shape index (κ3) is 8.58. The molecular formula is C27H40N4. The Balaban J connectivity index is 0.000000861. The molecule has 2 aromatic heterocycles. The molecular weight excluding hydrogens is 380 g/mol. The van der Waals surface area contributed by atoms with E-state index in [4.69, 9.17) is 16.1 Å². The summed E-state index contributed by atoms with van der Waals surface area (Å²) in [6.07, 6.45) is 11.9. The molecule has 2 rings (SSSR count). The Labute approximate surface area is 189 Å². The molecule has 3 N–H and O–H groups in total. The molecule has 0 aliphatic carbocycles. The van der Waals surface area contributed by atoms with Crippen molar-refractivity contribution in [1.29, 1.82) is 5.41 Å². The largest absolute Gasteiger partial charge is 0.325 e. The van der Waals surface area contributed by atoms with E-state index in [9.17, 15) is 0 Å². The number of pyridine rings is 2. The van der Waals surface area contributed by atoms with E-state index in [1.54, 1.807) is 6.20 Å². The van der Waals surface area contributed by atoms with Crippen LogP contribution in [0.5, 0.6) is 0 Å². The summed E-state index contributed by atoms with van der Waals surface area (Å²) in [6, 6.07) is 8.10. The van der Waals surface area contributed by atoms with Crippen molar-refractivity contribution in [3.05, 3.63) is 70.8 Å². The zero-order valence-corrected chi connectivity index (χ0v) is 20.2. The molecule has 0 saturated heterocycles. The van der Waals surface area contributed by atoms with Gasteiger partial charge in [-0.25, -0.2) is 4.98 Å². The monoisotopic (exact) mass is 420 g/mol. The molecule has 2 heterocycles. The van der Waals surface area contributed by atoms with E-state index < -0.39 is 0 Å². The molecule has 0 unspecified atom stereocenters. The Morgan fingerprint density at radius 3 is 2.45 bits per heavy atom. The Bertz CT molecular complexity index is 879. The van der Waals surface area contributed by atoms with Crippen LogP contribution in [0.4, 0.5) is 0 Å². The minimum absolute atomic E-state index is 0.416. The van der Waals surface area contributed by atoms with Crippen molar-refractivity contribution < 1.29 is 0 Å². The molecule has 168 valence electrons. The lowest BCUT2D eigenvalue weighted by Gasteiger charge is -2.14. The van der Waals surface area contributed by atoms with Gasteiger partial charge in [0.05, 0.1) is 17.1 Å². The zero-order valence-electron chi connectivity index (χ0n) is 20.2. The van der Waals surface area contributed by atoms with Gasteiger partial charge in [-0.2, -0.15) is 0 Å². The van der Waals surface area contributed by atoms with E-state index >= 15 is 0 Å². The number of allylic oxidation sites excluding steroid dienone is 3. The normalized spacial score (nSPS) is 11.9. The standard InChI is InChI=1S/C22H28N4.C5H12/c1-4-6-7-8-20(18-11-12-25-19(13-18)15-24)22-16(3)9-10-21(26-22)17(5-2)14-23;1-4-5(2)3/h5,8-14,23H,4,6-7,15,24H2,1-3H3;5H,4H2,1-3H3/b17-5+,20-8-,23-14?;. The summed E-state index contributed by atoms with van der Waals surface area (Å²) in [5.74, 6) is 0.884. The first-order valence-electron chi connectivity index (χ1n) is 11.4. The second-order valence-corrected chi connectivity index (χ2v) is 8.05. The highest BCUT2D eigenvalue weighted by atomic mass is 14.7. The van der Waals surface area contributed by atoms with Crippen LogP contribution in [0, 0.1) is 18.3 Å². The van der Waals surface area contributed by atoms with Gasteiger partial charge in [0.15, 0.2) is 0 Å². The fourth-order valence-corrected chi connectivity index (χ4v) is 2.83. The van der Waals surface area contributed by atoms with Crippen LogP contribution in [-0.4, -0.2) is 16.2 Å². The van der Waals surface area contributed by atoms with Crippen molar-refractivity contribution in [3.63, 3.8) is 0 Å². The van der Waals surface area contributed by atoms with Crippen molar-refractivity contribution in [1.82, 2.24) is 9.97 Å². The molecule has 0 bridgehead atoms. The second-order valence-electron chi connectivity index (χ2n) is 8.05. The van der Waals surface area contributed by atoms with Gasteiger partial charge in [-0.1, -0.05) is 65.2 Å². The van der Waals surface area contributed by atoms with Crippen LogP contribution < -0.4 is 5.73 Å². The molecule has 4 nitrogen and oxygen atoms in total. The summed E-state index contributed by atoms with van der Waals surface area (Å²) >= 11 is 0. The van der Waals surface area contributed by atoms with Crippen molar-refractivity contribution in [2.24, 2.45) is 11.7 Å². The predicted molar refractivity (Wildman–Crippen MR) is 135 cm³/mol. The van der Waals surface area contributed by atoms with Gasteiger partial charge in [0.25, 0.3) is 0 Å². The van der Waals surface area contributed by atoms with Crippen molar-refractivity contribution in [2.75, 3.05) is 0 Å². The van der Waals surface area contributed by atoms with E-state index in [0.717, 1.165) is 64.5 Å². The first kappa shape index (κ1) is 26.4. The molecule has 4 heteroatoms.